The Morgan fingerprint density at radius 2 is 2.16 bits per heavy atom. The minimum absolute atomic E-state index is 0.0428. The Morgan fingerprint density at radius 3 is 2.84 bits per heavy atom. The first-order valence-electron chi connectivity index (χ1n) is 7.22. The van der Waals surface area contributed by atoms with E-state index in [0.717, 1.165) is 12.1 Å². The number of hydrogen-bond acceptors (Lipinski definition) is 6. The number of carbonyl (C=O) groups excluding carboxylic acids is 1. The SMILES string of the molecule is CCOC(=O)c1cn(-c2cc(N)cnn2)c2cc(F)c(Cl)cc2c1=O. The quantitative estimate of drug-likeness (QED) is 0.718. The molecule has 0 aliphatic heterocycles. The average Bonchev–Trinajstić information content (AvgIpc) is 2.57. The van der Waals surface area contributed by atoms with Gasteiger partial charge in [0.1, 0.15) is 11.4 Å². The lowest BCUT2D eigenvalue weighted by atomic mass is 10.1. The summed E-state index contributed by atoms with van der Waals surface area (Å²) in [5, 5.41) is 7.45. The summed E-state index contributed by atoms with van der Waals surface area (Å²) in [4.78, 5) is 24.7. The molecule has 0 amide bonds. The maximum atomic E-state index is 13.9. The fourth-order valence-electron chi connectivity index (χ4n) is 2.35. The maximum absolute atomic E-state index is 13.9. The Hall–Kier alpha value is -3.00. The van der Waals surface area contributed by atoms with E-state index in [2.05, 4.69) is 10.2 Å². The normalized spacial score (nSPS) is 10.8. The molecule has 0 fully saturated rings. The molecule has 128 valence electrons. The lowest BCUT2D eigenvalue weighted by Crippen LogP contribution is -2.21. The van der Waals surface area contributed by atoms with Gasteiger partial charge < -0.3 is 10.5 Å². The number of rotatable bonds is 3. The van der Waals surface area contributed by atoms with Gasteiger partial charge in [0.25, 0.3) is 0 Å². The van der Waals surface area contributed by atoms with Gasteiger partial charge in [-0.3, -0.25) is 9.36 Å². The highest BCUT2D eigenvalue weighted by atomic mass is 35.5. The second kappa shape index (κ2) is 6.48. The molecule has 0 aliphatic rings. The zero-order chi connectivity index (χ0) is 18.1. The van der Waals surface area contributed by atoms with Crippen molar-refractivity contribution in [2.75, 3.05) is 12.3 Å². The van der Waals surface area contributed by atoms with Gasteiger partial charge in [0.05, 0.1) is 29.0 Å². The molecule has 2 aromatic heterocycles. The third-order valence-electron chi connectivity index (χ3n) is 3.45. The Kier molecular flexibility index (Phi) is 4.37. The van der Waals surface area contributed by atoms with Crippen LogP contribution in [0.3, 0.4) is 0 Å². The molecule has 25 heavy (non-hydrogen) atoms. The van der Waals surface area contributed by atoms with Gasteiger partial charge in [-0.2, -0.15) is 5.10 Å². The van der Waals surface area contributed by atoms with Gasteiger partial charge in [0, 0.05) is 23.7 Å². The molecule has 0 radical (unpaired) electrons. The largest absolute Gasteiger partial charge is 0.462 e. The summed E-state index contributed by atoms with van der Waals surface area (Å²) in [7, 11) is 0. The van der Waals surface area contributed by atoms with E-state index in [0.29, 0.717) is 5.69 Å². The summed E-state index contributed by atoms with van der Waals surface area (Å²) in [6.45, 7) is 1.71. The van der Waals surface area contributed by atoms with Crippen molar-refractivity contribution in [3.05, 3.63) is 57.2 Å². The molecular weight excluding hydrogens is 351 g/mol. The minimum Gasteiger partial charge on any atom is -0.462 e. The van der Waals surface area contributed by atoms with E-state index in [1.54, 1.807) is 6.92 Å². The third-order valence-corrected chi connectivity index (χ3v) is 3.74. The zero-order valence-corrected chi connectivity index (χ0v) is 13.7. The van der Waals surface area contributed by atoms with Crippen molar-refractivity contribution in [3.8, 4) is 5.82 Å². The summed E-state index contributed by atoms with van der Waals surface area (Å²) >= 11 is 5.79. The molecule has 0 aliphatic carbocycles. The van der Waals surface area contributed by atoms with Crippen LogP contribution < -0.4 is 11.2 Å². The van der Waals surface area contributed by atoms with E-state index >= 15 is 0 Å². The molecule has 0 atom stereocenters. The van der Waals surface area contributed by atoms with Crippen LogP contribution >= 0.6 is 11.6 Å². The Morgan fingerprint density at radius 1 is 1.40 bits per heavy atom. The lowest BCUT2D eigenvalue weighted by Gasteiger charge is -2.13. The smallest absolute Gasteiger partial charge is 0.343 e. The van der Waals surface area contributed by atoms with E-state index < -0.39 is 17.2 Å². The predicted octanol–water partition coefficient (Wildman–Crippen LogP) is 2.33. The van der Waals surface area contributed by atoms with Crippen molar-refractivity contribution >= 4 is 34.2 Å². The van der Waals surface area contributed by atoms with E-state index in [1.165, 1.54) is 23.0 Å². The number of halogens is 2. The van der Waals surface area contributed by atoms with Crippen molar-refractivity contribution in [1.82, 2.24) is 14.8 Å². The Bertz CT molecular complexity index is 1050. The summed E-state index contributed by atoms with van der Waals surface area (Å²) < 4.78 is 20.2. The number of esters is 1. The van der Waals surface area contributed by atoms with Crippen LogP contribution in [0.4, 0.5) is 10.1 Å². The van der Waals surface area contributed by atoms with Crippen LogP contribution in [0, 0.1) is 5.82 Å². The molecule has 7 nitrogen and oxygen atoms in total. The topological polar surface area (TPSA) is 100 Å². The van der Waals surface area contributed by atoms with Gasteiger partial charge in [-0.25, -0.2) is 9.18 Å². The minimum atomic E-state index is -0.805. The van der Waals surface area contributed by atoms with Crippen molar-refractivity contribution < 1.29 is 13.9 Å². The van der Waals surface area contributed by atoms with Gasteiger partial charge in [-0.15, -0.1) is 5.10 Å². The van der Waals surface area contributed by atoms with Crippen LogP contribution in [0.25, 0.3) is 16.7 Å². The maximum Gasteiger partial charge on any atom is 0.343 e. The van der Waals surface area contributed by atoms with Crippen LogP contribution in [0.1, 0.15) is 17.3 Å². The molecule has 0 unspecified atom stereocenters. The third kappa shape index (κ3) is 3.03. The number of nitrogen functional groups attached to an aromatic ring is 1. The molecule has 2 N–H and O–H groups in total. The molecule has 0 spiro atoms. The molecular formula is C16H12ClFN4O3. The number of nitrogens with two attached hydrogens (primary N) is 1. The molecule has 9 heteroatoms. The van der Waals surface area contributed by atoms with Gasteiger partial charge in [0.15, 0.2) is 5.82 Å². The highest BCUT2D eigenvalue weighted by Crippen LogP contribution is 2.24. The number of nitrogens with zero attached hydrogens (tertiary/aromatic N) is 3. The predicted molar refractivity (Wildman–Crippen MR) is 90.5 cm³/mol. The fraction of sp³-hybridized carbons (Fsp3) is 0.125. The van der Waals surface area contributed by atoms with E-state index in [-0.39, 0.29) is 33.9 Å². The average molecular weight is 363 g/mol. The van der Waals surface area contributed by atoms with E-state index in [1.807, 2.05) is 0 Å². The van der Waals surface area contributed by atoms with Gasteiger partial charge in [0.2, 0.25) is 5.43 Å². The van der Waals surface area contributed by atoms with E-state index in [9.17, 15) is 14.0 Å². The van der Waals surface area contributed by atoms with Crippen LogP contribution in [0.15, 0.2) is 35.4 Å². The number of hydrogen-bond donors (Lipinski definition) is 1. The summed E-state index contributed by atoms with van der Waals surface area (Å²) in [5.41, 5.74) is 5.32. The highest BCUT2D eigenvalue weighted by Gasteiger charge is 2.19. The molecule has 0 bridgehead atoms. The fourth-order valence-corrected chi connectivity index (χ4v) is 2.51. The van der Waals surface area contributed by atoms with Crippen molar-refractivity contribution in [3.63, 3.8) is 0 Å². The summed E-state index contributed by atoms with van der Waals surface area (Å²) in [6.07, 6.45) is 2.55. The van der Waals surface area contributed by atoms with Crippen molar-refractivity contribution in [2.24, 2.45) is 0 Å². The van der Waals surface area contributed by atoms with Crippen LogP contribution in [-0.2, 0) is 4.74 Å². The highest BCUT2D eigenvalue weighted by molar-refractivity contribution is 6.31. The Balaban J connectivity index is 2.41. The number of anilines is 1. The molecule has 2 heterocycles. The first-order valence-corrected chi connectivity index (χ1v) is 7.60. The zero-order valence-electron chi connectivity index (χ0n) is 13.0. The summed E-state index contributed by atoms with van der Waals surface area (Å²) in [5.74, 6) is -1.32. The van der Waals surface area contributed by atoms with Crippen LogP contribution in [0.2, 0.25) is 5.02 Å². The lowest BCUT2D eigenvalue weighted by molar-refractivity contribution is 0.0524. The second-order valence-electron chi connectivity index (χ2n) is 5.09. The number of carbonyl (C=O) groups is 1. The molecule has 1 aromatic carbocycles. The van der Waals surface area contributed by atoms with Gasteiger partial charge in [-0.1, -0.05) is 11.6 Å². The van der Waals surface area contributed by atoms with Crippen LogP contribution in [-0.4, -0.2) is 27.3 Å². The molecule has 3 rings (SSSR count). The monoisotopic (exact) mass is 362 g/mol. The standard InChI is InChI=1S/C16H12ClFN4O3/c1-2-25-16(24)10-7-22(14-3-8(19)6-20-21-14)13-5-12(18)11(17)4-9(13)15(10)23/h3-7H,2H2,1H3,(H2,19,21). The molecule has 0 saturated carbocycles. The molecule has 0 saturated heterocycles. The molecule has 3 aromatic rings. The Labute approximate surface area is 145 Å². The number of pyridine rings is 1. The van der Waals surface area contributed by atoms with Crippen LogP contribution in [0.5, 0.6) is 0 Å². The first-order chi connectivity index (χ1) is 11.9. The number of aromatic nitrogens is 3. The number of fused-ring (bicyclic) bond motifs is 1. The van der Waals surface area contributed by atoms with Gasteiger partial charge in [-0.05, 0) is 13.0 Å². The first kappa shape index (κ1) is 16.8. The second-order valence-corrected chi connectivity index (χ2v) is 5.50. The van der Waals surface area contributed by atoms with Crippen molar-refractivity contribution in [2.45, 2.75) is 6.92 Å². The number of ether oxygens (including phenoxy) is 1. The van der Waals surface area contributed by atoms with Crippen molar-refractivity contribution in [1.29, 1.82) is 0 Å². The summed E-state index contributed by atoms with van der Waals surface area (Å²) in [6, 6.07) is 3.71. The van der Waals surface area contributed by atoms with Gasteiger partial charge >= 0.3 is 5.97 Å². The number of benzene rings is 1. The van der Waals surface area contributed by atoms with E-state index in [4.69, 9.17) is 22.1 Å².